The lowest BCUT2D eigenvalue weighted by atomic mass is 10.3. The highest BCUT2D eigenvalue weighted by atomic mass is 16.5. The van der Waals surface area contributed by atoms with Gasteiger partial charge in [-0.15, -0.1) is 0 Å². The number of para-hydroxylation sites is 1. The Kier molecular flexibility index (Phi) is 4.61. The minimum Gasteiger partial charge on any atom is -0.491 e. The van der Waals surface area contributed by atoms with Gasteiger partial charge in [0.2, 0.25) is 0 Å². The maximum absolute atomic E-state index is 9.78. The summed E-state index contributed by atoms with van der Waals surface area (Å²) < 4.78 is 5.46. The fourth-order valence-corrected chi connectivity index (χ4v) is 1.51. The largest absolute Gasteiger partial charge is 0.491 e. The van der Waals surface area contributed by atoms with Crippen molar-refractivity contribution in [3.8, 4) is 5.75 Å². The summed E-state index contributed by atoms with van der Waals surface area (Å²) in [6, 6.07) is 19.9. The van der Waals surface area contributed by atoms with Gasteiger partial charge in [-0.25, -0.2) is 0 Å². The summed E-state index contributed by atoms with van der Waals surface area (Å²) in [5.41, 5.74) is 0.965. The maximum Gasteiger partial charge on any atom is 0.119 e. The Morgan fingerprint density at radius 1 is 1.11 bits per heavy atom. The van der Waals surface area contributed by atoms with Gasteiger partial charge in [-0.3, -0.25) is 0 Å². The quantitative estimate of drug-likeness (QED) is 0.817. The first kappa shape index (κ1) is 12.5. The normalized spacial score (nSPS) is 11.8. The van der Waals surface area contributed by atoms with Crippen molar-refractivity contribution in [3.63, 3.8) is 0 Å². The molecule has 93 valence electrons. The second-order valence-electron chi connectivity index (χ2n) is 3.95. The lowest BCUT2D eigenvalue weighted by Crippen LogP contribution is -2.26. The molecule has 1 radical (unpaired) electrons. The van der Waals surface area contributed by atoms with E-state index in [0.717, 1.165) is 11.4 Å². The molecular formula is C15H16NO2. The molecule has 0 aromatic heterocycles. The third-order valence-electron chi connectivity index (χ3n) is 2.45. The second kappa shape index (κ2) is 6.67. The Balaban J connectivity index is 1.71. The predicted molar refractivity (Wildman–Crippen MR) is 71.7 cm³/mol. The van der Waals surface area contributed by atoms with Crippen molar-refractivity contribution >= 4 is 5.69 Å². The highest BCUT2D eigenvalue weighted by Gasteiger charge is 2.04. The van der Waals surface area contributed by atoms with E-state index < -0.39 is 6.10 Å². The van der Waals surface area contributed by atoms with Gasteiger partial charge in [0.1, 0.15) is 18.5 Å². The zero-order valence-corrected chi connectivity index (χ0v) is 10.0. The van der Waals surface area contributed by atoms with Crippen LogP contribution in [0.4, 0.5) is 5.69 Å². The van der Waals surface area contributed by atoms with E-state index in [1.807, 2.05) is 54.6 Å². The molecule has 2 aromatic rings. The first-order valence-corrected chi connectivity index (χ1v) is 5.90. The van der Waals surface area contributed by atoms with Gasteiger partial charge >= 0.3 is 0 Å². The number of hydrogen-bond acceptors (Lipinski definition) is 3. The van der Waals surface area contributed by atoms with Crippen LogP contribution < -0.4 is 10.1 Å². The van der Waals surface area contributed by atoms with E-state index in [2.05, 4.69) is 11.4 Å². The van der Waals surface area contributed by atoms with Crippen LogP contribution in [0.3, 0.4) is 0 Å². The van der Waals surface area contributed by atoms with Crippen molar-refractivity contribution in [1.82, 2.24) is 0 Å². The molecule has 0 aliphatic carbocycles. The van der Waals surface area contributed by atoms with E-state index in [-0.39, 0.29) is 6.61 Å². The van der Waals surface area contributed by atoms with Crippen LogP contribution in [0.25, 0.3) is 0 Å². The van der Waals surface area contributed by atoms with E-state index in [9.17, 15) is 5.11 Å². The first-order valence-electron chi connectivity index (χ1n) is 5.90. The number of benzene rings is 2. The molecule has 0 bridgehead atoms. The zero-order chi connectivity index (χ0) is 12.6. The number of ether oxygens (including phenoxy) is 1. The van der Waals surface area contributed by atoms with Gasteiger partial charge in [-0.05, 0) is 30.3 Å². The van der Waals surface area contributed by atoms with Crippen LogP contribution in [-0.4, -0.2) is 24.4 Å². The summed E-state index contributed by atoms with van der Waals surface area (Å²) in [4.78, 5) is 0. The SMILES string of the molecule is OC(CNc1cc[c]cc1)COc1ccccc1. The number of hydrogen-bond donors (Lipinski definition) is 2. The molecule has 0 amide bonds. The Morgan fingerprint density at radius 2 is 1.83 bits per heavy atom. The Labute approximate surface area is 107 Å². The van der Waals surface area contributed by atoms with Gasteiger partial charge in [0, 0.05) is 12.2 Å². The van der Waals surface area contributed by atoms with Gasteiger partial charge in [-0.1, -0.05) is 30.3 Å². The van der Waals surface area contributed by atoms with Gasteiger partial charge in [0.25, 0.3) is 0 Å². The molecule has 1 atom stereocenters. The standard InChI is InChI=1S/C15H16NO2/c17-14(11-16-13-7-3-1-4-8-13)12-18-15-9-5-2-6-10-15/h2-10,14,16-17H,11-12H2. The molecule has 0 fully saturated rings. The average molecular weight is 242 g/mol. The maximum atomic E-state index is 9.78. The zero-order valence-electron chi connectivity index (χ0n) is 10.0. The molecule has 18 heavy (non-hydrogen) atoms. The summed E-state index contributed by atoms with van der Waals surface area (Å²) >= 11 is 0. The molecule has 3 nitrogen and oxygen atoms in total. The van der Waals surface area contributed by atoms with E-state index in [1.165, 1.54) is 0 Å². The summed E-state index contributed by atoms with van der Waals surface area (Å²) in [6.07, 6.45) is -0.547. The summed E-state index contributed by atoms with van der Waals surface area (Å²) in [5.74, 6) is 0.769. The number of nitrogens with one attached hydrogen (secondary N) is 1. The summed E-state index contributed by atoms with van der Waals surface area (Å²) in [7, 11) is 0. The minimum atomic E-state index is -0.547. The molecule has 0 aliphatic rings. The lowest BCUT2D eigenvalue weighted by Gasteiger charge is -2.13. The molecule has 2 rings (SSSR count). The van der Waals surface area contributed by atoms with Crippen LogP contribution in [0.2, 0.25) is 0 Å². The van der Waals surface area contributed by atoms with Crippen molar-refractivity contribution < 1.29 is 9.84 Å². The third-order valence-corrected chi connectivity index (χ3v) is 2.45. The molecule has 2 aromatic carbocycles. The topological polar surface area (TPSA) is 41.5 Å². The van der Waals surface area contributed by atoms with E-state index in [0.29, 0.717) is 6.54 Å². The second-order valence-corrected chi connectivity index (χ2v) is 3.95. The Bertz CT molecular complexity index is 401. The van der Waals surface area contributed by atoms with Crippen LogP contribution in [0.5, 0.6) is 5.75 Å². The van der Waals surface area contributed by atoms with Crippen LogP contribution >= 0.6 is 0 Å². The van der Waals surface area contributed by atoms with Gasteiger partial charge < -0.3 is 15.2 Å². The highest BCUT2D eigenvalue weighted by Crippen LogP contribution is 2.09. The molecule has 0 saturated heterocycles. The molecule has 1 unspecified atom stereocenters. The molecule has 0 saturated carbocycles. The van der Waals surface area contributed by atoms with Crippen LogP contribution in [0.15, 0.2) is 54.6 Å². The van der Waals surface area contributed by atoms with Crippen molar-refractivity contribution in [2.24, 2.45) is 0 Å². The number of aliphatic hydroxyl groups is 1. The average Bonchev–Trinajstić information content (AvgIpc) is 2.45. The third kappa shape index (κ3) is 4.11. The van der Waals surface area contributed by atoms with Crippen LogP contribution in [0, 0.1) is 6.07 Å². The minimum absolute atomic E-state index is 0.274. The smallest absolute Gasteiger partial charge is 0.119 e. The van der Waals surface area contributed by atoms with Crippen LogP contribution in [0.1, 0.15) is 0 Å². The van der Waals surface area contributed by atoms with Crippen molar-refractivity contribution in [3.05, 3.63) is 60.7 Å². The van der Waals surface area contributed by atoms with Gasteiger partial charge in [-0.2, -0.15) is 0 Å². The summed E-state index contributed by atoms with van der Waals surface area (Å²) in [5, 5.41) is 12.9. The highest BCUT2D eigenvalue weighted by molar-refractivity contribution is 5.42. The fraction of sp³-hybridized carbons (Fsp3) is 0.200. The van der Waals surface area contributed by atoms with Crippen molar-refractivity contribution in [2.45, 2.75) is 6.10 Å². The number of rotatable bonds is 6. The van der Waals surface area contributed by atoms with Gasteiger partial charge in [0.05, 0.1) is 0 Å². The van der Waals surface area contributed by atoms with Gasteiger partial charge in [0.15, 0.2) is 0 Å². The Morgan fingerprint density at radius 3 is 2.56 bits per heavy atom. The number of anilines is 1. The van der Waals surface area contributed by atoms with E-state index in [4.69, 9.17) is 4.74 Å². The lowest BCUT2D eigenvalue weighted by molar-refractivity contribution is 0.117. The monoisotopic (exact) mass is 242 g/mol. The van der Waals surface area contributed by atoms with Crippen LogP contribution in [-0.2, 0) is 0 Å². The number of aliphatic hydroxyl groups excluding tert-OH is 1. The van der Waals surface area contributed by atoms with Crippen molar-refractivity contribution in [2.75, 3.05) is 18.5 Å². The molecule has 2 N–H and O–H groups in total. The Hall–Kier alpha value is -2.00. The molecular weight excluding hydrogens is 226 g/mol. The fourth-order valence-electron chi connectivity index (χ4n) is 1.51. The predicted octanol–water partition coefficient (Wildman–Crippen LogP) is 2.34. The molecule has 0 spiro atoms. The molecule has 3 heteroatoms. The first-order chi connectivity index (χ1) is 8.84. The van der Waals surface area contributed by atoms with Crippen molar-refractivity contribution in [1.29, 1.82) is 0 Å². The molecule has 0 heterocycles. The van der Waals surface area contributed by atoms with E-state index in [1.54, 1.807) is 0 Å². The van der Waals surface area contributed by atoms with E-state index >= 15 is 0 Å². The summed E-state index contributed by atoms with van der Waals surface area (Å²) in [6.45, 7) is 0.729. The molecule has 0 aliphatic heterocycles.